The number of carbonyl (C=O) groups is 2. The summed E-state index contributed by atoms with van der Waals surface area (Å²) in [6, 6.07) is 0. The minimum atomic E-state index is -1.14. The Morgan fingerprint density at radius 1 is 1.40 bits per heavy atom. The Morgan fingerprint density at radius 2 is 2.15 bits per heavy atom. The van der Waals surface area contributed by atoms with E-state index in [0.717, 1.165) is 6.42 Å². The minimum Gasteiger partial charge on any atom is -0.480 e. The molecule has 0 unspecified atom stereocenters. The van der Waals surface area contributed by atoms with Crippen molar-refractivity contribution in [1.29, 1.82) is 0 Å². The lowest BCUT2D eigenvalue weighted by molar-refractivity contribution is -0.148. The molecule has 1 aliphatic rings. The van der Waals surface area contributed by atoms with Crippen molar-refractivity contribution in [2.24, 2.45) is 0 Å². The average molecular weight is 275 g/mol. The van der Waals surface area contributed by atoms with Gasteiger partial charge in [0.05, 0.1) is 11.3 Å². The van der Waals surface area contributed by atoms with Crippen molar-refractivity contribution >= 4 is 17.7 Å². The van der Waals surface area contributed by atoms with Gasteiger partial charge in [0, 0.05) is 6.20 Å². The summed E-state index contributed by atoms with van der Waals surface area (Å²) in [5.74, 6) is -1.05. The first-order valence-corrected chi connectivity index (χ1v) is 6.25. The molecule has 1 fully saturated rings. The summed E-state index contributed by atoms with van der Waals surface area (Å²) >= 11 is 0. The zero-order valence-electron chi connectivity index (χ0n) is 10.8. The predicted molar refractivity (Wildman–Crippen MR) is 67.2 cm³/mol. The van der Waals surface area contributed by atoms with Crippen LogP contribution in [0, 0.1) is 6.92 Å². The van der Waals surface area contributed by atoms with E-state index in [4.69, 9.17) is 0 Å². The third kappa shape index (κ3) is 1.72. The molecule has 2 N–H and O–H groups in total. The van der Waals surface area contributed by atoms with E-state index in [2.05, 4.69) is 20.4 Å². The van der Waals surface area contributed by atoms with Crippen molar-refractivity contribution in [2.75, 3.05) is 0 Å². The number of nitrogens with zero attached hydrogens (tertiary/aromatic N) is 4. The number of hydrogen-bond donors (Lipinski definition) is 2. The quantitative estimate of drug-likeness (QED) is 0.826. The van der Waals surface area contributed by atoms with E-state index >= 15 is 0 Å². The first-order chi connectivity index (χ1) is 9.53. The van der Waals surface area contributed by atoms with E-state index in [1.807, 2.05) is 0 Å². The van der Waals surface area contributed by atoms with E-state index in [9.17, 15) is 14.7 Å². The van der Waals surface area contributed by atoms with Crippen LogP contribution >= 0.6 is 0 Å². The molecule has 0 aliphatic heterocycles. The van der Waals surface area contributed by atoms with Crippen LogP contribution in [0.2, 0.25) is 0 Å². The van der Waals surface area contributed by atoms with Crippen LogP contribution in [0.4, 0.5) is 0 Å². The van der Waals surface area contributed by atoms with E-state index < -0.39 is 17.4 Å². The normalized spacial score (nSPS) is 16.6. The lowest BCUT2D eigenvalue weighted by atomic mass is 9.76. The molecule has 0 saturated heterocycles. The third-order valence-electron chi connectivity index (χ3n) is 3.76. The molecule has 2 aromatic heterocycles. The standard InChI is InChI=1S/C12H13N5O3/c1-7-8(5-13-11-14-6-15-17(7)11)9(18)16-12(10(19)20)3-2-4-12/h5-6H,2-4H2,1H3,(H,16,18)(H,19,20). The third-order valence-corrected chi connectivity index (χ3v) is 3.76. The Bertz CT molecular complexity index is 704. The highest BCUT2D eigenvalue weighted by atomic mass is 16.4. The van der Waals surface area contributed by atoms with Crippen LogP contribution in [0.3, 0.4) is 0 Å². The number of hydrogen-bond acceptors (Lipinski definition) is 5. The molecule has 0 spiro atoms. The number of carboxylic acids is 1. The van der Waals surface area contributed by atoms with Gasteiger partial charge in [-0.15, -0.1) is 0 Å². The number of aliphatic carboxylic acids is 1. The number of aryl methyl sites for hydroxylation is 1. The van der Waals surface area contributed by atoms with Gasteiger partial charge in [0.25, 0.3) is 11.7 Å². The second-order valence-corrected chi connectivity index (χ2v) is 4.92. The van der Waals surface area contributed by atoms with Gasteiger partial charge >= 0.3 is 5.97 Å². The summed E-state index contributed by atoms with van der Waals surface area (Å²) in [4.78, 5) is 31.5. The highest BCUT2D eigenvalue weighted by Crippen LogP contribution is 2.32. The van der Waals surface area contributed by atoms with E-state index in [1.54, 1.807) is 6.92 Å². The molecule has 3 rings (SSSR count). The fraction of sp³-hybridized carbons (Fsp3) is 0.417. The molecule has 0 radical (unpaired) electrons. The molecule has 1 saturated carbocycles. The number of nitrogens with one attached hydrogen (secondary N) is 1. The molecule has 104 valence electrons. The van der Waals surface area contributed by atoms with Gasteiger partial charge in [-0.3, -0.25) is 4.79 Å². The molecule has 8 nitrogen and oxygen atoms in total. The van der Waals surface area contributed by atoms with E-state index in [-0.39, 0.29) is 0 Å². The number of rotatable bonds is 3. The van der Waals surface area contributed by atoms with Crippen LogP contribution in [0.5, 0.6) is 0 Å². The van der Waals surface area contributed by atoms with Crippen LogP contribution in [0.25, 0.3) is 5.78 Å². The molecule has 0 bridgehead atoms. The Labute approximate surface area is 113 Å². The molecule has 0 aromatic carbocycles. The van der Waals surface area contributed by atoms with Gasteiger partial charge < -0.3 is 10.4 Å². The van der Waals surface area contributed by atoms with Crippen LogP contribution < -0.4 is 5.32 Å². The molecule has 2 aromatic rings. The molecule has 1 amide bonds. The number of aromatic nitrogens is 4. The fourth-order valence-corrected chi connectivity index (χ4v) is 2.32. The Morgan fingerprint density at radius 3 is 2.75 bits per heavy atom. The second-order valence-electron chi connectivity index (χ2n) is 4.92. The van der Waals surface area contributed by atoms with Gasteiger partial charge in [-0.1, -0.05) is 0 Å². The van der Waals surface area contributed by atoms with Crippen molar-refractivity contribution in [2.45, 2.75) is 31.7 Å². The lowest BCUT2D eigenvalue weighted by Crippen LogP contribution is -2.59. The zero-order valence-corrected chi connectivity index (χ0v) is 10.8. The molecule has 2 heterocycles. The second kappa shape index (κ2) is 4.26. The minimum absolute atomic E-state index is 0.301. The first kappa shape index (κ1) is 12.5. The van der Waals surface area contributed by atoms with Gasteiger partial charge in [0.2, 0.25) is 0 Å². The topological polar surface area (TPSA) is 109 Å². The molecule has 8 heteroatoms. The van der Waals surface area contributed by atoms with Crippen molar-refractivity contribution in [3.05, 3.63) is 23.8 Å². The maximum Gasteiger partial charge on any atom is 0.329 e. The molecule has 20 heavy (non-hydrogen) atoms. The van der Waals surface area contributed by atoms with Gasteiger partial charge in [-0.2, -0.15) is 10.1 Å². The largest absolute Gasteiger partial charge is 0.480 e. The smallest absolute Gasteiger partial charge is 0.329 e. The average Bonchev–Trinajstić information content (AvgIpc) is 2.82. The van der Waals surface area contributed by atoms with Gasteiger partial charge in [-0.05, 0) is 26.2 Å². The van der Waals surface area contributed by atoms with E-state index in [1.165, 1.54) is 17.0 Å². The summed E-state index contributed by atoms with van der Waals surface area (Å²) in [6.45, 7) is 1.71. The van der Waals surface area contributed by atoms with Gasteiger partial charge in [0.15, 0.2) is 0 Å². The Hall–Kier alpha value is -2.51. The summed E-state index contributed by atoms with van der Waals surface area (Å²) in [7, 11) is 0. The SMILES string of the molecule is Cc1c(C(=O)NC2(C(=O)O)CCC2)cnc2ncnn12. The Kier molecular flexibility index (Phi) is 2.66. The monoisotopic (exact) mass is 275 g/mol. The Balaban J connectivity index is 1.93. The van der Waals surface area contributed by atoms with E-state index in [0.29, 0.717) is 29.9 Å². The van der Waals surface area contributed by atoms with Crippen molar-refractivity contribution in [3.63, 3.8) is 0 Å². The fourth-order valence-electron chi connectivity index (χ4n) is 2.32. The van der Waals surface area contributed by atoms with Crippen LogP contribution in [0.15, 0.2) is 12.5 Å². The van der Waals surface area contributed by atoms with Crippen LogP contribution in [-0.2, 0) is 4.79 Å². The lowest BCUT2D eigenvalue weighted by Gasteiger charge is -2.38. The highest BCUT2D eigenvalue weighted by Gasteiger charge is 2.46. The molecule has 0 atom stereocenters. The van der Waals surface area contributed by atoms with Crippen molar-refractivity contribution < 1.29 is 14.7 Å². The summed E-state index contributed by atoms with van der Waals surface area (Å²) in [5.41, 5.74) is -0.263. The summed E-state index contributed by atoms with van der Waals surface area (Å²) in [6.07, 6.45) is 4.44. The molecular formula is C12H13N5O3. The van der Waals surface area contributed by atoms with Crippen molar-refractivity contribution in [3.8, 4) is 0 Å². The summed E-state index contributed by atoms with van der Waals surface area (Å²) < 4.78 is 1.45. The number of carboxylic acid groups (broad SMARTS) is 1. The zero-order chi connectivity index (χ0) is 14.3. The van der Waals surface area contributed by atoms with Gasteiger partial charge in [0.1, 0.15) is 11.9 Å². The maximum absolute atomic E-state index is 12.3. The molecule has 1 aliphatic carbocycles. The van der Waals surface area contributed by atoms with Crippen molar-refractivity contribution in [1.82, 2.24) is 24.9 Å². The maximum atomic E-state index is 12.3. The van der Waals surface area contributed by atoms with Crippen LogP contribution in [0.1, 0.15) is 35.3 Å². The number of fused-ring (bicyclic) bond motifs is 1. The summed E-state index contributed by atoms with van der Waals surface area (Å²) in [5, 5.41) is 15.8. The highest BCUT2D eigenvalue weighted by molar-refractivity contribution is 5.98. The predicted octanol–water partition coefficient (Wildman–Crippen LogP) is 0.170. The first-order valence-electron chi connectivity index (χ1n) is 6.25. The van der Waals surface area contributed by atoms with Gasteiger partial charge in [-0.25, -0.2) is 14.3 Å². The number of carbonyl (C=O) groups excluding carboxylic acids is 1. The number of amides is 1. The van der Waals surface area contributed by atoms with Crippen LogP contribution in [-0.4, -0.2) is 42.1 Å². The molecular weight excluding hydrogens is 262 g/mol.